The first-order valence-corrected chi connectivity index (χ1v) is 8.25. The highest BCUT2D eigenvalue weighted by Crippen LogP contribution is 2.33. The number of hydrogen-bond acceptors (Lipinski definition) is 5. The lowest BCUT2D eigenvalue weighted by Gasteiger charge is -2.16. The average Bonchev–Trinajstić information content (AvgIpc) is 2.95. The lowest BCUT2D eigenvalue weighted by molar-refractivity contribution is -0.116. The minimum atomic E-state index is 0.0593. The van der Waals surface area contributed by atoms with Crippen LogP contribution >= 0.6 is 34.3 Å². The predicted octanol–water partition coefficient (Wildman–Crippen LogP) is 3.94. The zero-order valence-electron chi connectivity index (χ0n) is 10.7. The summed E-state index contributed by atoms with van der Waals surface area (Å²) in [5, 5.41) is 3.56. The second-order valence-electron chi connectivity index (χ2n) is 4.51. The van der Waals surface area contributed by atoms with E-state index in [9.17, 15) is 4.79 Å². The van der Waals surface area contributed by atoms with Gasteiger partial charge in [-0.1, -0.05) is 11.6 Å². The molecule has 3 rings (SSSR count). The summed E-state index contributed by atoms with van der Waals surface area (Å²) < 4.78 is 0.667. The molecule has 0 unspecified atom stereocenters. The van der Waals surface area contributed by atoms with Gasteiger partial charge in [0.15, 0.2) is 5.13 Å². The molecule has 1 aliphatic rings. The van der Waals surface area contributed by atoms with Crippen molar-refractivity contribution in [2.75, 3.05) is 4.90 Å². The highest BCUT2D eigenvalue weighted by Gasteiger charge is 2.33. The van der Waals surface area contributed by atoms with Gasteiger partial charge in [0.25, 0.3) is 0 Å². The molecule has 20 heavy (non-hydrogen) atoms. The monoisotopic (exact) mass is 325 g/mol. The van der Waals surface area contributed by atoms with Crippen LogP contribution in [-0.2, 0) is 4.79 Å². The molecule has 0 bridgehead atoms. The third kappa shape index (κ3) is 3.08. The van der Waals surface area contributed by atoms with Gasteiger partial charge >= 0.3 is 0 Å². The van der Waals surface area contributed by atoms with Crippen LogP contribution in [0, 0.1) is 0 Å². The Bertz CT molecular complexity index is 660. The predicted molar refractivity (Wildman–Crippen MR) is 84.3 cm³/mol. The maximum Gasteiger partial charge on any atom is 0.225 e. The summed E-state index contributed by atoms with van der Waals surface area (Å²) in [6, 6.07) is 0.341. The maximum atomic E-state index is 11.7. The summed E-state index contributed by atoms with van der Waals surface area (Å²) in [6.07, 6.45) is 7.54. The molecule has 0 atom stereocenters. The molecule has 1 amide bonds. The molecule has 0 aromatic carbocycles. The van der Waals surface area contributed by atoms with Crippen molar-refractivity contribution >= 4 is 57.5 Å². The van der Waals surface area contributed by atoms with Crippen molar-refractivity contribution in [1.82, 2.24) is 9.97 Å². The molecule has 0 N–H and O–H groups in total. The smallest absolute Gasteiger partial charge is 0.225 e. The van der Waals surface area contributed by atoms with Gasteiger partial charge in [-0.2, -0.15) is 0 Å². The van der Waals surface area contributed by atoms with Gasteiger partial charge in [0, 0.05) is 18.3 Å². The third-order valence-corrected chi connectivity index (χ3v) is 4.80. The Balaban J connectivity index is 1.76. The number of rotatable bonds is 4. The van der Waals surface area contributed by atoms with Crippen LogP contribution in [0.5, 0.6) is 0 Å². The number of anilines is 1. The van der Waals surface area contributed by atoms with Gasteiger partial charge < -0.3 is 0 Å². The average molecular weight is 326 g/mol. The number of amides is 1. The summed E-state index contributed by atoms with van der Waals surface area (Å²) in [5.74, 6) is 0.0593. The van der Waals surface area contributed by atoms with Crippen molar-refractivity contribution in [3.8, 4) is 0 Å². The van der Waals surface area contributed by atoms with Crippen LogP contribution in [0.1, 0.15) is 30.5 Å². The molecule has 1 saturated carbocycles. The number of carbonyl (C=O) groups is 1. The molecule has 4 nitrogen and oxygen atoms in total. The van der Waals surface area contributed by atoms with Crippen LogP contribution in [0.25, 0.3) is 12.2 Å². The van der Waals surface area contributed by atoms with E-state index in [1.807, 2.05) is 17.5 Å². The lowest BCUT2D eigenvalue weighted by atomic mass is 10.4. The van der Waals surface area contributed by atoms with Crippen LogP contribution in [0.2, 0.25) is 4.34 Å². The van der Waals surface area contributed by atoms with Crippen LogP contribution < -0.4 is 4.90 Å². The van der Waals surface area contributed by atoms with Crippen molar-refractivity contribution in [1.29, 1.82) is 0 Å². The van der Waals surface area contributed by atoms with E-state index in [2.05, 4.69) is 9.97 Å². The minimum absolute atomic E-state index is 0.0593. The second-order valence-corrected chi connectivity index (χ2v) is 7.04. The van der Waals surface area contributed by atoms with Crippen molar-refractivity contribution in [3.63, 3.8) is 0 Å². The van der Waals surface area contributed by atoms with E-state index in [4.69, 9.17) is 11.6 Å². The Kier molecular flexibility index (Phi) is 3.87. The Labute approximate surface area is 129 Å². The van der Waals surface area contributed by atoms with E-state index in [0.717, 1.165) is 28.7 Å². The van der Waals surface area contributed by atoms with Gasteiger partial charge in [-0.25, -0.2) is 9.97 Å². The van der Waals surface area contributed by atoms with Crippen LogP contribution in [0.15, 0.2) is 11.6 Å². The van der Waals surface area contributed by atoms with Crippen molar-refractivity contribution in [2.24, 2.45) is 0 Å². The van der Waals surface area contributed by atoms with Gasteiger partial charge in [0.05, 0.1) is 11.9 Å². The van der Waals surface area contributed by atoms with E-state index in [1.54, 1.807) is 18.0 Å². The Hall–Kier alpha value is -1.24. The molecule has 0 radical (unpaired) electrons. The molecule has 7 heteroatoms. The van der Waals surface area contributed by atoms with Gasteiger partial charge in [-0.15, -0.1) is 22.7 Å². The van der Waals surface area contributed by atoms with Crippen molar-refractivity contribution < 1.29 is 4.79 Å². The number of halogens is 1. The zero-order chi connectivity index (χ0) is 14.1. The normalized spacial score (nSPS) is 14.9. The molecular weight excluding hydrogens is 314 g/mol. The van der Waals surface area contributed by atoms with Crippen LogP contribution in [0.4, 0.5) is 5.13 Å². The maximum absolute atomic E-state index is 11.7. The molecule has 104 valence electrons. The Morgan fingerprint density at radius 1 is 1.50 bits per heavy atom. The SMILES string of the molecule is CC(=O)N(c1nc(C=Cc2ncc(Cl)s2)cs1)C1CC1. The molecule has 2 aromatic rings. The number of carbonyl (C=O) groups excluding carboxylic acids is 1. The number of thiazole rings is 2. The highest BCUT2D eigenvalue weighted by atomic mass is 35.5. The quantitative estimate of drug-likeness (QED) is 0.855. The van der Waals surface area contributed by atoms with E-state index in [1.165, 1.54) is 22.7 Å². The highest BCUT2D eigenvalue weighted by molar-refractivity contribution is 7.16. The lowest BCUT2D eigenvalue weighted by Crippen LogP contribution is -2.30. The largest absolute Gasteiger partial charge is 0.285 e. The molecule has 2 aromatic heterocycles. The molecule has 1 fully saturated rings. The summed E-state index contributed by atoms with van der Waals surface area (Å²) in [4.78, 5) is 22.1. The van der Waals surface area contributed by atoms with Crippen LogP contribution in [0.3, 0.4) is 0 Å². The summed E-state index contributed by atoms with van der Waals surface area (Å²) >= 11 is 8.74. The van der Waals surface area contributed by atoms with E-state index in [-0.39, 0.29) is 5.91 Å². The van der Waals surface area contributed by atoms with Gasteiger partial charge in [0.1, 0.15) is 9.34 Å². The fraction of sp³-hybridized carbons (Fsp3) is 0.308. The minimum Gasteiger partial charge on any atom is -0.285 e. The van der Waals surface area contributed by atoms with Crippen molar-refractivity contribution in [3.05, 3.63) is 26.6 Å². The van der Waals surface area contributed by atoms with Gasteiger partial charge in [-0.3, -0.25) is 9.69 Å². The Morgan fingerprint density at radius 3 is 2.90 bits per heavy atom. The van der Waals surface area contributed by atoms with E-state index in [0.29, 0.717) is 10.4 Å². The molecule has 0 aliphatic heterocycles. The summed E-state index contributed by atoms with van der Waals surface area (Å²) in [5.41, 5.74) is 0.836. The second kappa shape index (κ2) is 5.63. The number of aromatic nitrogens is 2. The molecule has 0 saturated heterocycles. The van der Waals surface area contributed by atoms with Crippen molar-refractivity contribution in [2.45, 2.75) is 25.8 Å². The standard InChI is InChI=1S/C13H12ClN3OS2/c1-8(18)17(10-3-4-10)13-16-9(7-19-13)2-5-12-15-6-11(14)20-12/h2,5-7,10H,3-4H2,1H3. The molecule has 0 spiro atoms. The van der Waals surface area contributed by atoms with E-state index >= 15 is 0 Å². The first-order chi connectivity index (χ1) is 9.63. The van der Waals surface area contributed by atoms with E-state index < -0.39 is 0 Å². The fourth-order valence-corrected chi connectivity index (χ4v) is 3.58. The topological polar surface area (TPSA) is 46.1 Å². The van der Waals surface area contributed by atoms with Crippen LogP contribution in [-0.4, -0.2) is 21.9 Å². The number of hydrogen-bond donors (Lipinski definition) is 0. The first kappa shape index (κ1) is 13.7. The molecule has 1 aliphatic carbocycles. The summed E-state index contributed by atoms with van der Waals surface area (Å²) in [6.45, 7) is 1.59. The number of nitrogens with zero attached hydrogens (tertiary/aromatic N) is 3. The third-order valence-electron chi connectivity index (χ3n) is 2.86. The zero-order valence-corrected chi connectivity index (χ0v) is 13.1. The molecule has 2 heterocycles. The fourth-order valence-electron chi connectivity index (χ4n) is 1.84. The van der Waals surface area contributed by atoms with Gasteiger partial charge in [0.2, 0.25) is 5.91 Å². The first-order valence-electron chi connectivity index (χ1n) is 6.18. The molecular formula is C13H12ClN3OS2. The van der Waals surface area contributed by atoms with Gasteiger partial charge in [-0.05, 0) is 25.0 Å². The Morgan fingerprint density at radius 2 is 2.30 bits per heavy atom. The summed E-state index contributed by atoms with van der Waals surface area (Å²) in [7, 11) is 0.